The third-order valence-electron chi connectivity index (χ3n) is 3.19. The van der Waals surface area contributed by atoms with Crippen molar-refractivity contribution in [1.29, 1.82) is 0 Å². The Hall–Kier alpha value is -0.430. The second-order valence-electron chi connectivity index (χ2n) is 4.54. The molecule has 4 nitrogen and oxygen atoms in total. The molecule has 0 radical (unpaired) electrons. The lowest BCUT2D eigenvalue weighted by atomic mass is 10.0. The van der Waals surface area contributed by atoms with Gasteiger partial charge in [-0.1, -0.05) is 11.6 Å². The summed E-state index contributed by atoms with van der Waals surface area (Å²) < 4.78 is 3.60. The Labute approximate surface area is 140 Å². The fourth-order valence-electron chi connectivity index (χ4n) is 2.13. The van der Waals surface area contributed by atoms with E-state index >= 15 is 0 Å². The zero-order chi connectivity index (χ0) is 14.9. The zero-order valence-corrected chi connectivity index (χ0v) is 15.3. The van der Waals surface area contributed by atoms with Gasteiger partial charge < -0.3 is 5.32 Å². The molecule has 0 spiro atoms. The normalized spacial score (nSPS) is 12.7. The van der Waals surface area contributed by atoms with Gasteiger partial charge in [0.05, 0.1) is 17.4 Å². The lowest BCUT2D eigenvalue weighted by Gasteiger charge is -2.17. The lowest BCUT2D eigenvalue weighted by Crippen LogP contribution is -2.21. The Morgan fingerprint density at radius 3 is 2.65 bits per heavy atom. The molecule has 1 atom stereocenters. The van der Waals surface area contributed by atoms with Crippen LogP contribution in [0.1, 0.15) is 23.0 Å². The number of pyridine rings is 1. The first kappa shape index (κ1) is 15.9. The first-order chi connectivity index (χ1) is 9.43. The first-order valence-corrected chi connectivity index (χ1v) is 8.06. The van der Waals surface area contributed by atoms with Gasteiger partial charge in [-0.15, -0.1) is 0 Å². The third-order valence-corrected chi connectivity index (χ3v) is 4.73. The van der Waals surface area contributed by atoms with Crippen LogP contribution in [0.15, 0.2) is 21.2 Å². The predicted octanol–water partition coefficient (Wildman–Crippen LogP) is 3.81. The van der Waals surface area contributed by atoms with E-state index in [0.717, 1.165) is 32.3 Å². The van der Waals surface area contributed by atoms with E-state index < -0.39 is 0 Å². The number of halogens is 3. The van der Waals surface area contributed by atoms with Crippen LogP contribution in [0.4, 0.5) is 0 Å². The maximum Gasteiger partial charge on any atom is 0.130 e. The molecule has 0 saturated heterocycles. The maximum atomic E-state index is 6.30. The average Bonchev–Trinajstić information content (AvgIpc) is 2.62. The highest BCUT2D eigenvalue weighted by Gasteiger charge is 2.20. The Bertz CT molecular complexity index is 627. The molecule has 0 fully saturated rings. The number of nitrogens with one attached hydrogen (secondary N) is 1. The van der Waals surface area contributed by atoms with E-state index in [4.69, 9.17) is 11.6 Å². The van der Waals surface area contributed by atoms with Crippen LogP contribution in [-0.2, 0) is 13.5 Å². The molecule has 20 heavy (non-hydrogen) atoms. The molecule has 108 valence electrons. The Morgan fingerprint density at radius 1 is 1.45 bits per heavy atom. The van der Waals surface area contributed by atoms with Gasteiger partial charge in [0, 0.05) is 27.8 Å². The van der Waals surface area contributed by atoms with Crippen LogP contribution in [0.2, 0.25) is 5.15 Å². The van der Waals surface area contributed by atoms with E-state index in [2.05, 4.69) is 47.3 Å². The topological polar surface area (TPSA) is 42.7 Å². The number of hydrogen-bond acceptors (Lipinski definition) is 3. The van der Waals surface area contributed by atoms with Crippen LogP contribution in [0, 0.1) is 6.92 Å². The number of hydrogen-bond donors (Lipinski definition) is 1. The third kappa shape index (κ3) is 3.24. The highest BCUT2D eigenvalue weighted by molar-refractivity contribution is 9.11. The van der Waals surface area contributed by atoms with Crippen molar-refractivity contribution in [3.63, 3.8) is 0 Å². The number of nitrogens with zero attached hydrogens (tertiary/aromatic N) is 3. The Balaban J connectivity index is 2.33. The van der Waals surface area contributed by atoms with E-state index in [9.17, 15) is 0 Å². The molecule has 2 aromatic heterocycles. The minimum atomic E-state index is 0.0675. The van der Waals surface area contributed by atoms with Crippen molar-refractivity contribution in [3.8, 4) is 0 Å². The predicted molar refractivity (Wildman–Crippen MR) is 88.1 cm³/mol. The number of likely N-dealkylation sites (N-methyl/N-ethyl adjacent to an activating group) is 1. The first-order valence-electron chi connectivity index (χ1n) is 6.10. The molecule has 0 bridgehead atoms. The van der Waals surface area contributed by atoms with Crippen LogP contribution in [0.3, 0.4) is 0 Å². The summed E-state index contributed by atoms with van der Waals surface area (Å²) in [7, 11) is 3.77. The van der Waals surface area contributed by atoms with Crippen LogP contribution in [0.25, 0.3) is 0 Å². The van der Waals surface area contributed by atoms with Gasteiger partial charge in [-0.3, -0.25) is 9.67 Å². The summed E-state index contributed by atoms with van der Waals surface area (Å²) in [5, 5.41) is 8.31. The van der Waals surface area contributed by atoms with Crippen molar-refractivity contribution in [2.75, 3.05) is 7.05 Å². The number of aryl methyl sites for hydroxylation is 2. The van der Waals surface area contributed by atoms with Crippen LogP contribution in [-0.4, -0.2) is 21.8 Å². The van der Waals surface area contributed by atoms with Gasteiger partial charge in [-0.25, -0.2) is 0 Å². The number of aromatic nitrogens is 3. The van der Waals surface area contributed by atoms with E-state index in [0.29, 0.717) is 5.15 Å². The van der Waals surface area contributed by atoms with Crippen molar-refractivity contribution < 1.29 is 0 Å². The fourth-order valence-corrected chi connectivity index (χ4v) is 3.64. The minimum Gasteiger partial charge on any atom is -0.311 e. The van der Waals surface area contributed by atoms with Gasteiger partial charge in [0.15, 0.2) is 0 Å². The van der Waals surface area contributed by atoms with Crippen molar-refractivity contribution in [1.82, 2.24) is 20.1 Å². The van der Waals surface area contributed by atoms with Crippen molar-refractivity contribution in [2.45, 2.75) is 19.4 Å². The van der Waals surface area contributed by atoms with Gasteiger partial charge in [-0.05, 0) is 58.3 Å². The molecule has 0 aliphatic heterocycles. The quantitative estimate of drug-likeness (QED) is 0.815. The highest BCUT2D eigenvalue weighted by Crippen LogP contribution is 2.29. The van der Waals surface area contributed by atoms with Crippen molar-refractivity contribution >= 4 is 43.5 Å². The van der Waals surface area contributed by atoms with Gasteiger partial charge >= 0.3 is 0 Å². The van der Waals surface area contributed by atoms with Gasteiger partial charge in [0.2, 0.25) is 0 Å². The molecule has 1 N–H and O–H groups in total. The highest BCUT2D eigenvalue weighted by atomic mass is 79.9. The molecule has 1 unspecified atom stereocenters. The standard InChI is InChI=1S/C13H15Br2ClN4/c1-7-9(13(16)20(3)19-7)5-11(17-2)12-10(15)4-8(14)6-18-12/h4,6,11,17H,5H2,1-3H3. The van der Waals surface area contributed by atoms with Crippen molar-refractivity contribution in [2.24, 2.45) is 7.05 Å². The molecule has 2 aromatic rings. The molecule has 0 aromatic carbocycles. The summed E-state index contributed by atoms with van der Waals surface area (Å²) in [6.07, 6.45) is 2.53. The molecule has 0 aliphatic carbocycles. The monoisotopic (exact) mass is 420 g/mol. The lowest BCUT2D eigenvalue weighted by molar-refractivity contribution is 0.571. The van der Waals surface area contributed by atoms with Gasteiger partial charge in [0.1, 0.15) is 5.15 Å². The Kier molecular flexibility index (Phi) is 5.23. The SMILES string of the molecule is CNC(Cc1c(C)nn(C)c1Cl)c1ncc(Br)cc1Br. The molecule has 0 saturated carbocycles. The van der Waals surface area contributed by atoms with Crippen molar-refractivity contribution in [3.05, 3.63) is 43.3 Å². The van der Waals surface area contributed by atoms with Crippen LogP contribution >= 0.6 is 43.5 Å². The van der Waals surface area contributed by atoms with E-state index in [1.165, 1.54) is 0 Å². The minimum absolute atomic E-state index is 0.0675. The summed E-state index contributed by atoms with van der Waals surface area (Å²) in [5.41, 5.74) is 2.95. The maximum absolute atomic E-state index is 6.30. The smallest absolute Gasteiger partial charge is 0.130 e. The van der Waals surface area contributed by atoms with Gasteiger partial charge in [-0.2, -0.15) is 5.10 Å². The average molecular weight is 423 g/mol. The summed E-state index contributed by atoms with van der Waals surface area (Å²) in [4.78, 5) is 4.48. The van der Waals surface area contributed by atoms with Crippen LogP contribution in [0.5, 0.6) is 0 Å². The molecule has 0 amide bonds. The van der Waals surface area contributed by atoms with E-state index in [1.54, 1.807) is 10.9 Å². The fraction of sp³-hybridized carbons (Fsp3) is 0.385. The second-order valence-corrected chi connectivity index (χ2v) is 6.67. The van der Waals surface area contributed by atoms with Gasteiger partial charge in [0.25, 0.3) is 0 Å². The molecular weight excluding hydrogens is 407 g/mol. The van der Waals surface area contributed by atoms with E-state index in [-0.39, 0.29) is 6.04 Å². The molecule has 2 rings (SSSR count). The number of rotatable bonds is 4. The second kappa shape index (κ2) is 6.56. The summed E-state index contributed by atoms with van der Waals surface area (Å²) in [6, 6.07) is 2.06. The van der Waals surface area contributed by atoms with Crippen LogP contribution < -0.4 is 5.32 Å². The molecule has 2 heterocycles. The van der Waals surface area contributed by atoms with E-state index in [1.807, 2.05) is 27.1 Å². The zero-order valence-electron chi connectivity index (χ0n) is 11.4. The largest absolute Gasteiger partial charge is 0.311 e. The summed E-state index contributed by atoms with van der Waals surface area (Å²) in [6.45, 7) is 1.97. The summed E-state index contributed by atoms with van der Waals surface area (Å²) in [5.74, 6) is 0. The molecule has 7 heteroatoms. The molecular formula is C13H15Br2ClN4. The molecule has 0 aliphatic rings. The Morgan fingerprint density at radius 2 is 2.15 bits per heavy atom. The summed E-state index contributed by atoms with van der Waals surface area (Å²) >= 11 is 13.3.